The number of hydrogen-bond donors (Lipinski definition) is 0. The van der Waals surface area contributed by atoms with E-state index in [1.54, 1.807) is 23.3 Å². The number of furan rings is 1. The summed E-state index contributed by atoms with van der Waals surface area (Å²) in [5, 5.41) is 1.56. The molecule has 0 spiro atoms. The molecule has 0 radical (unpaired) electrons. The summed E-state index contributed by atoms with van der Waals surface area (Å²) < 4.78 is 29.8. The molecule has 2 aromatic carbocycles. The van der Waals surface area contributed by atoms with Gasteiger partial charge in [-0.05, 0) is 48.2 Å². The van der Waals surface area contributed by atoms with Gasteiger partial charge in [-0.2, -0.15) is 0 Å². The highest BCUT2D eigenvalue weighted by atomic mass is 35.5. The zero-order chi connectivity index (χ0) is 21.3. The van der Waals surface area contributed by atoms with Crippen molar-refractivity contribution in [2.24, 2.45) is 0 Å². The van der Waals surface area contributed by atoms with Crippen LogP contribution >= 0.6 is 11.6 Å². The van der Waals surface area contributed by atoms with E-state index >= 15 is 0 Å². The summed E-state index contributed by atoms with van der Waals surface area (Å²) >= 11 is 5.98. The number of amides is 1. The van der Waals surface area contributed by atoms with Gasteiger partial charge in [0.05, 0.1) is 24.2 Å². The van der Waals surface area contributed by atoms with Crippen molar-refractivity contribution in [2.45, 2.75) is 38.8 Å². The molecule has 0 N–H and O–H groups in total. The average Bonchev–Trinajstić information content (AvgIpc) is 3.29. The van der Waals surface area contributed by atoms with Crippen molar-refractivity contribution in [3.05, 3.63) is 70.4 Å². The van der Waals surface area contributed by atoms with Crippen LogP contribution in [0.1, 0.15) is 30.0 Å². The fraction of sp³-hybridized carbons (Fsp3) is 0.348. The maximum atomic E-state index is 13.3. The lowest BCUT2D eigenvalue weighted by Gasteiger charge is -2.28. The van der Waals surface area contributed by atoms with E-state index in [9.17, 15) is 13.2 Å². The Morgan fingerprint density at radius 3 is 2.57 bits per heavy atom. The van der Waals surface area contributed by atoms with Crippen LogP contribution in [-0.2, 0) is 34.0 Å². The molecule has 1 unspecified atom stereocenters. The molecule has 0 bridgehead atoms. The van der Waals surface area contributed by atoms with Gasteiger partial charge < -0.3 is 9.32 Å². The van der Waals surface area contributed by atoms with Gasteiger partial charge in [0, 0.05) is 28.6 Å². The minimum Gasteiger partial charge on any atom is -0.464 e. The summed E-state index contributed by atoms with van der Waals surface area (Å²) in [6.45, 7) is 2.44. The molecule has 1 aliphatic rings. The zero-order valence-electron chi connectivity index (χ0n) is 16.8. The second kappa shape index (κ2) is 8.44. The zero-order valence-corrected chi connectivity index (χ0v) is 18.4. The Morgan fingerprint density at radius 1 is 1.17 bits per heavy atom. The maximum absolute atomic E-state index is 13.3. The fourth-order valence-electron chi connectivity index (χ4n) is 3.98. The lowest BCUT2D eigenvalue weighted by molar-refractivity contribution is -0.133. The molecule has 158 valence electrons. The fourth-order valence-corrected chi connectivity index (χ4v) is 5.84. The molecule has 0 aliphatic carbocycles. The van der Waals surface area contributed by atoms with Crippen LogP contribution < -0.4 is 0 Å². The van der Waals surface area contributed by atoms with Gasteiger partial charge in [-0.1, -0.05) is 36.7 Å². The Bertz CT molecular complexity index is 1170. The molecule has 0 saturated carbocycles. The Morgan fingerprint density at radius 2 is 1.90 bits per heavy atom. The van der Waals surface area contributed by atoms with Crippen molar-refractivity contribution < 1.29 is 17.6 Å². The third-order valence-electron chi connectivity index (χ3n) is 5.70. The van der Waals surface area contributed by atoms with E-state index in [1.165, 1.54) is 5.56 Å². The van der Waals surface area contributed by atoms with Crippen molar-refractivity contribution >= 4 is 38.3 Å². The van der Waals surface area contributed by atoms with Crippen LogP contribution in [-0.4, -0.2) is 36.8 Å². The van der Waals surface area contributed by atoms with E-state index in [1.807, 2.05) is 24.3 Å². The van der Waals surface area contributed by atoms with Crippen LogP contribution in [0.4, 0.5) is 0 Å². The van der Waals surface area contributed by atoms with E-state index in [2.05, 4.69) is 13.0 Å². The van der Waals surface area contributed by atoms with Gasteiger partial charge >= 0.3 is 0 Å². The van der Waals surface area contributed by atoms with Crippen molar-refractivity contribution in [3.63, 3.8) is 0 Å². The first kappa shape index (κ1) is 20.9. The first-order valence-electron chi connectivity index (χ1n) is 10.1. The number of carbonyl (C=O) groups is 1. The summed E-state index contributed by atoms with van der Waals surface area (Å²) in [7, 11) is -3.11. The van der Waals surface area contributed by atoms with Gasteiger partial charge in [-0.3, -0.25) is 4.79 Å². The lowest BCUT2D eigenvalue weighted by atomic mass is 10.0. The van der Waals surface area contributed by atoms with E-state index in [-0.39, 0.29) is 29.9 Å². The maximum Gasteiger partial charge on any atom is 0.227 e. The highest BCUT2D eigenvalue weighted by Gasteiger charge is 2.34. The minimum absolute atomic E-state index is 0.0123. The summed E-state index contributed by atoms with van der Waals surface area (Å²) in [4.78, 5) is 15.0. The number of rotatable bonds is 6. The van der Waals surface area contributed by atoms with Crippen LogP contribution in [0.25, 0.3) is 11.0 Å². The van der Waals surface area contributed by atoms with Crippen molar-refractivity contribution in [1.82, 2.24) is 4.90 Å². The summed E-state index contributed by atoms with van der Waals surface area (Å²) in [5.74, 6) is 0.0336. The smallest absolute Gasteiger partial charge is 0.227 e. The second-order valence-corrected chi connectivity index (χ2v) is 10.5. The molecule has 1 saturated heterocycles. The highest BCUT2D eigenvalue weighted by Crippen LogP contribution is 2.26. The Balaban J connectivity index is 1.61. The van der Waals surface area contributed by atoms with Crippen LogP contribution in [0.15, 0.2) is 53.1 Å². The second-order valence-electron chi connectivity index (χ2n) is 7.83. The first-order chi connectivity index (χ1) is 14.3. The van der Waals surface area contributed by atoms with Gasteiger partial charge in [0.15, 0.2) is 9.84 Å². The third kappa shape index (κ3) is 4.55. The van der Waals surface area contributed by atoms with Gasteiger partial charge in [0.2, 0.25) is 5.91 Å². The minimum atomic E-state index is -3.11. The van der Waals surface area contributed by atoms with Crippen LogP contribution in [0.5, 0.6) is 0 Å². The monoisotopic (exact) mass is 445 g/mol. The quantitative estimate of drug-likeness (QED) is 0.563. The molecule has 1 atom stereocenters. The van der Waals surface area contributed by atoms with Gasteiger partial charge in [0.1, 0.15) is 5.58 Å². The molecule has 4 rings (SSSR count). The van der Waals surface area contributed by atoms with Crippen molar-refractivity contribution in [2.75, 3.05) is 11.5 Å². The Labute approximate surface area is 181 Å². The van der Waals surface area contributed by atoms with E-state index in [0.717, 1.165) is 28.5 Å². The first-order valence-corrected chi connectivity index (χ1v) is 12.3. The Kier molecular flexibility index (Phi) is 5.89. The van der Waals surface area contributed by atoms with Crippen LogP contribution in [0.3, 0.4) is 0 Å². The predicted octanol–water partition coefficient (Wildman–Crippen LogP) is 4.41. The number of aryl methyl sites for hydroxylation is 1. The van der Waals surface area contributed by atoms with Crippen LogP contribution in [0, 0.1) is 0 Å². The average molecular weight is 446 g/mol. The molecular formula is C23H24ClNO4S. The summed E-state index contributed by atoms with van der Waals surface area (Å²) in [6, 6.07) is 13.0. The Hall–Kier alpha value is -2.31. The van der Waals surface area contributed by atoms with E-state index in [0.29, 0.717) is 18.0 Å². The number of carbonyl (C=O) groups excluding carboxylic acids is 1. The number of halogens is 1. The standard InChI is InChI=1S/C23H24ClNO4S/c1-2-16-5-8-22-21(11-16)18(14-29-22)12-23(26)25(20-9-10-30(27,28)15-20)13-17-3-6-19(24)7-4-17/h3-8,11,14,20H,2,9-10,12-13,15H2,1H3. The topological polar surface area (TPSA) is 67.6 Å². The van der Waals surface area contributed by atoms with E-state index in [4.69, 9.17) is 16.0 Å². The normalized spacial score (nSPS) is 18.0. The van der Waals surface area contributed by atoms with Gasteiger partial charge in [-0.15, -0.1) is 0 Å². The number of benzene rings is 2. The number of nitrogens with zero attached hydrogens (tertiary/aromatic N) is 1. The number of hydrogen-bond acceptors (Lipinski definition) is 4. The van der Waals surface area contributed by atoms with Crippen molar-refractivity contribution in [1.29, 1.82) is 0 Å². The SMILES string of the molecule is CCc1ccc2occ(CC(=O)N(Cc3ccc(Cl)cc3)C3CCS(=O)(=O)C3)c2c1. The molecule has 1 amide bonds. The van der Waals surface area contributed by atoms with E-state index < -0.39 is 9.84 Å². The molecule has 1 fully saturated rings. The van der Waals surface area contributed by atoms with Gasteiger partial charge in [-0.25, -0.2) is 8.42 Å². The molecule has 30 heavy (non-hydrogen) atoms. The molecule has 2 heterocycles. The highest BCUT2D eigenvalue weighted by molar-refractivity contribution is 7.91. The predicted molar refractivity (Wildman–Crippen MR) is 118 cm³/mol. The van der Waals surface area contributed by atoms with Gasteiger partial charge in [0.25, 0.3) is 0 Å². The molecule has 3 aromatic rings. The molecule has 5 nitrogen and oxygen atoms in total. The van der Waals surface area contributed by atoms with Crippen LogP contribution in [0.2, 0.25) is 5.02 Å². The number of sulfone groups is 1. The third-order valence-corrected chi connectivity index (χ3v) is 7.71. The van der Waals surface area contributed by atoms with Crippen molar-refractivity contribution in [3.8, 4) is 0 Å². The molecular weight excluding hydrogens is 422 g/mol. The largest absolute Gasteiger partial charge is 0.464 e. The molecule has 1 aliphatic heterocycles. The number of fused-ring (bicyclic) bond motifs is 1. The summed E-state index contributed by atoms with van der Waals surface area (Å²) in [6.07, 6.45) is 3.17. The molecule has 7 heteroatoms. The molecule has 1 aromatic heterocycles. The summed E-state index contributed by atoms with van der Waals surface area (Å²) in [5.41, 5.74) is 3.68. The lowest BCUT2D eigenvalue weighted by Crippen LogP contribution is -2.41.